The van der Waals surface area contributed by atoms with Crippen LogP contribution in [0.1, 0.15) is 96.0 Å². The highest BCUT2D eigenvalue weighted by molar-refractivity contribution is 7.86. The van der Waals surface area contributed by atoms with Gasteiger partial charge in [-0.2, -0.15) is 8.42 Å². The molecule has 0 N–H and O–H groups in total. The van der Waals surface area contributed by atoms with Gasteiger partial charge in [0.2, 0.25) is 0 Å². The van der Waals surface area contributed by atoms with Crippen LogP contribution in [0.15, 0.2) is 29.2 Å². The topological polar surface area (TPSA) is 60.4 Å². The van der Waals surface area contributed by atoms with Crippen LogP contribution < -0.4 is 0 Å². The van der Waals surface area contributed by atoms with Crippen molar-refractivity contribution in [2.75, 3.05) is 6.61 Å². The molecule has 1 aromatic carbocycles. The van der Waals surface area contributed by atoms with Gasteiger partial charge in [0.25, 0.3) is 10.1 Å². The van der Waals surface area contributed by atoms with Gasteiger partial charge in [-0.15, -0.1) is 0 Å². The average molecular weight is 411 g/mol. The lowest BCUT2D eigenvalue weighted by molar-refractivity contribution is -0.121. The molecule has 0 bridgehead atoms. The normalized spacial score (nSPS) is 11.6. The van der Waals surface area contributed by atoms with Crippen molar-refractivity contribution in [1.82, 2.24) is 0 Å². The summed E-state index contributed by atoms with van der Waals surface area (Å²) in [6, 6.07) is 6.43. The number of carbonyl (C=O) groups excluding carboxylic acids is 1. The van der Waals surface area contributed by atoms with E-state index >= 15 is 0 Å². The van der Waals surface area contributed by atoms with Crippen molar-refractivity contribution < 1.29 is 17.4 Å². The first-order valence-corrected chi connectivity index (χ1v) is 12.3. The summed E-state index contributed by atoms with van der Waals surface area (Å²) in [5.41, 5.74) is 0.974. The second-order valence-corrected chi connectivity index (χ2v) is 9.32. The summed E-state index contributed by atoms with van der Waals surface area (Å²) in [4.78, 5) is 12.0. The number of hydrogen-bond donors (Lipinski definition) is 0. The predicted molar refractivity (Wildman–Crippen MR) is 115 cm³/mol. The van der Waals surface area contributed by atoms with E-state index in [4.69, 9.17) is 4.18 Å². The van der Waals surface area contributed by atoms with E-state index in [0.717, 1.165) is 24.8 Å². The third-order valence-electron chi connectivity index (χ3n) is 4.99. The van der Waals surface area contributed by atoms with Crippen LogP contribution in [0.25, 0.3) is 0 Å². The van der Waals surface area contributed by atoms with Gasteiger partial charge in [0.15, 0.2) is 5.78 Å². The number of carbonyl (C=O) groups is 1. The zero-order valence-electron chi connectivity index (χ0n) is 17.8. The molecule has 0 heterocycles. The molecule has 0 aromatic heterocycles. The monoisotopic (exact) mass is 410 g/mol. The van der Waals surface area contributed by atoms with Gasteiger partial charge in [0, 0.05) is 6.42 Å². The maximum Gasteiger partial charge on any atom is 0.297 e. The van der Waals surface area contributed by atoms with E-state index in [1.54, 1.807) is 12.1 Å². The quantitative estimate of drug-likeness (QED) is 0.221. The molecular formula is C23H38O4S. The Morgan fingerprint density at radius 3 is 1.75 bits per heavy atom. The highest BCUT2D eigenvalue weighted by Crippen LogP contribution is 2.15. The van der Waals surface area contributed by atoms with Crippen molar-refractivity contribution in [2.45, 2.75) is 102 Å². The number of hydrogen-bond acceptors (Lipinski definition) is 4. The lowest BCUT2D eigenvalue weighted by atomic mass is 10.0. The Morgan fingerprint density at radius 1 is 0.786 bits per heavy atom. The number of rotatable bonds is 17. The van der Waals surface area contributed by atoms with Crippen molar-refractivity contribution in [3.63, 3.8) is 0 Å². The van der Waals surface area contributed by atoms with Gasteiger partial charge in [0.1, 0.15) is 6.61 Å². The van der Waals surface area contributed by atoms with Crippen LogP contribution in [-0.2, 0) is 19.1 Å². The summed E-state index contributed by atoms with van der Waals surface area (Å²) in [5.74, 6) is -0.150. The molecule has 0 aliphatic carbocycles. The zero-order chi connectivity index (χ0) is 20.7. The van der Waals surface area contributed by atoms with Crippen LogP contribution in [0.4, 0.5) is 0 Å². The molecule has 0 aliphatic heterocycles. The van der Waals surface area contributed by atoms with Gasteiger partial charge in [-0.1, -0.05) is 95.2 Å². The van der Waals surface area contributed by atoms with Gasteiger partial charge in [0.05, 0.1) is 4.90 Å². The van der Waals surface area contributed by atoms with Crippen LogP contribution in [0, 0.1) is 6.92 Å². The molecule has 1 rings (SSSR count). The highest BCUT2D eigenvalue weighted by atomic mass is 32.2. The third kappa shape index (κ3) is 11.6. The summed E-state index contributed by atoms with van der Waals surface area (Å²) >= 11 is 0. The van der Waals surface area contributed by atoms with Crippen LogP contribution in [-0.4, -0.2) is 20.8 Å². The summed E-state index contributed by atoms with van der Waals surface area (Å²) in [6.07, 6.45) is 15.3. The fourth-order valence-corrected chi connectivity index (χ4v) is 4.04. The van der Waals surface area contributed by atoms with E-state index in [-0.39, 0.29) is 17.3 Å². The van der Waals surface area contributed by atoms with Gasteiger partial charge in [-0.25, -0.2) is 0 Å². The zero-order valence-corrected chi connectivity index (χ0v) is 18.6. The summed E-state index contributed by atoms with van der Waals surface area (Å²) in [7, 11) is -3.85. The minimum atomic E-state index is -3.85. The fourth-order valence-electron chi connectivity index (χ4n) is 3.15. The number of Topliss-reactive ketones (excluding diaryl/α,β-unsaturated/α-hetero) is 1. The molecule has 0 spiro atoms. The molecule has 5 heteroatoms. The van der Waals surface area contributed by atoms with E-state index < -0.39 is 10.1 Å². The van der Waals surface area contributed by atoms with E-state index in [1.165, 1.54) is 69.9 Å². The molecule has 0 saturated heterocycles. The molecule has 0 saturated carbocycles. The van der Waals surface area contributed by atoms with Crippen molar-refractivity contribution in [1.29, 1.82) is 0 Å². The smallest absolute Gasteiger partial charge is 0.297 e. The Morgan fingerprint density at radius 2 is 1.25 bits per heavy atom. The Kier molecular flexibility index (Phi) is 13.1. The van der Waals surface area contributed by atoms with Crippen molar-refractivity contribution >= 4 is 15.9 Å². The van der Waals surface area contributed by atoms with Crippen molar-refractivity contribution in [2.24, 2.45) is 0 Å². The lowest BCUT2D eigenvalue weighted by Crippen LogP contribution is -2.14. The van der Waals surface area contributed by atoms with Crippen LogP contribution in [0.3, 0.4) is 0 Å². The lowest BCUT2D eigenvalue weighted by Gasteiger charge is -2.06. The molecule has 0 radical (unpaired) electrons. The predicted octanol–water partition coefficient (Wildman–Crippen LogP) is 6.36. The largest absolute Gasteiger partial charge is 0.297 e. The SMILES string of the molecule is CCCCCCCCCCCCCCC(=O)COS(=O)(=O)c1ccc(C)cc1. The Bertz CT molecular complexity index is 635. The van der Waals surface area contributed by atoms with E-state index in [2.05, 4.69) is 6.92 Å². The first-order chi connectivity index (χ1) is 13.5. The Labute approximate surface area is 172 Å². The van der Waals surface area contributed by atoms with Crippen LogP contribution >= 0.6 is 0 Å². The standard InChI is InChI=1S/C23H38O4S/c1-3-4-5-6-7-8-9-10-11-12-13-14-15-22(24)20-27-28(25,26)23-18-16-21(2)17-19-23/h16-19H,3-15,20H2,1-2H3. The molecule has 0 aliphatic rings. The Balaban J connectivity index is 2.01. The summed E-state index contributed by atoms with van der Waals surface area (Å²) in [6.45, 7) is 3.76. The number of ketones is 1. The van der Waals surface area contributed by atoms with Gasteiger partial charge >= 0.3 is 0 Å². The third-order valence-corrected chi connectivity index (χ3v) is 6.27. The molecule has 0 fully saturated rings. The van der Waals surface area contributed by atoms with Crippen LogP contribution in [0.2, 0.25) is 0 Å². The maximum atomic E-state index is 12.0. The number of unbranched alkanes of at least 4 members (excludes halogenated alkanes) is 11. The van der Waals surface area contributed by atoms with Crippen molar-refractivity contribution in [3.05, 3.63) is 29.8 Å². The molecule has 0 atom stereocenters. The van der Waals surface area contributed by atoms with Gasteiger partial charge in [-0.3, -0.25) is 8.98 Å². The van der Waals surface area contributed by atoms with Crippen LogP contribution in [0.5, 0.6) is 0 Å². The number of benzene rings is 1. The number of aryl methyl sites for hydroxylation is 1. The van der Waals surface area contributed by atoms with Gasteiger partial charge < -0.3 is 0 Å². The van der Waals surface area contributed by atoms with E-state index in [0.29, 0.717) is 6.42 Å². The minimum absolute atomic E-state index is 0.0938. The molecule has 28 heavy (non-hydrogen) atoms. The maximum absolute atomic E-state index is 12.0. The highest BCUT2D eigenvalue weighted by Gasteiger charge is 2.16. The first kappa shape index (κ1) is 24.8. The molecule has 1 aromatic rings. The average Bonchev–Trinajstić information content (AvgIpc) is 2.67. The second kappa shape index (κ2) is 14.7. The molecule has 0 amide bonds. The molecular weight excluding hydrogens is 372 g/mol. The van der Waals surface area contributed by atoms with E-state index in [9.17, 15) is 13.2 Å². The minimum Gasteiger partial charge on any atom is -0.297 e. The molecule has 160 valence electrons. The molecule has 0 unspecified atom stereocenters. The second-order valence-electron chi connectivity index (χ2n) is 7.71. The summed E-state index contributed by atoms with van der Waals surface area (Å²) < 4.78 is 29.0. The van der Waals surface area contributed by atoms with Gasteiger partial charge in [-0.05, 0) is 25.5 Å². The molecule has 4 nitrogen and oxygen atoms in total. The van der Waals surface area contributed by atoms with Crippen molar-refractivity contribution in [3.8, 4) is 0 Å². The Hall–Kier alpha value is -1.20. The summed E-state index contributed by atoms with van der Waals surface area (Å²) in [5, 5.41) is 0. The fraction of sp³-hybridized carbons (Fsp3) is 0.696. The first-order valence-electron chi connectivity index (χ1n) is 10.9. The van der Waals surface area contributed by atoms with E-state index in [1.807, 2.05) is 6.92 Å².